The number of carbonyl (C=O) groups excluding carboxylic acids is 2. The predicted molar refractivity (Wildman–Crippen MR) is 65.4 cm³/mol. The third-order valence-electron chi connectivity index (χ3n) is 3.73. The van der Waals surface area contributed by atoms with Crippen LogP contribution in [0.5, 0.6) is 0 Å². The number of rotatable bonds is 3. The molecule has 2 aliphatic rings. The Hall–Kier alpha value is -1.11. The zero-order valence-corrected chi connectivity index (χ0v) is 11.5. The first-order chi connectivity index (χ1) is 8.32. The summed E-state index contributed by atoms with van der Waals surface area (Å²) in [5.74, 6) is -0.342. The van der Waals surface area contributed by atoms with Gasteiger partial charge in [-0.05, 0) is 12.8 Å². The van der Waals surface area contributed by atoms with Gasteiger partial charge in [0.1, 0.15) is 0 Å². The van der Waals surface area contributed by atoms with Gasteiger partial charge in [0.2, 0.25) is 11.8 Å². The molecule has 18 heavy (non-hydrogen) atoms. The Bertz CT molecular complexity index is 481. The van der Waals surface area contributed by atoms with E-state index in [9.17, 15) is 18.0 Å². The van der Waals surface area contributed by atoms with Gasteiger partial charge in [0.15, 0.2) is 14.6 Å². The molecule has 1 aliphatic heterocycles. The third-order valence-corrected chi connectivity index (χ3v) is 5.73. The maximum Gasteiger partial charge on any atom is 0.245 e. The lowest BCUT2D eigenvalue weighted by molar-refractivity contribution is -0.134. The van der Waals surface area contributed by atoms with Crippen LogP contribution in [-0.4, -0.2) is 60.8 Å². The van der Waals surface area contributed by atoms with E-state index in [1.807, 2.05) is 0 Å². The minimum absolute atomic E-state index is 0.00509. The molecule has 1 saturated heterocycles. The van der Waals surface area contributed by atoms with Crippen molar-refractivity contribution in [1.82, 2.24) is 9.80 Å². The summed E-state index contributed by atoms with van der Waals surface area (Å²) in [6.07, 6.45) is 2.33. The minimum Gasteiger partial charge on any atom is -0.323 e. The van der Waals surface area contributed by atoms with Crippen molar-refractivity contribution in [2.24, 2.45) is 0 Å². The van der Waals surface area contributed by atoms with Gasteiger partial charge < -0.3 is 9.80 Å². The lowest BCUT2D eigenvalue weighted by Gasteiger charge is -2.22. The number of hydrogen-bond acceptors (Lipinski definition) is 4. The van der Waals surface area contributed by atoms with Gasteiger partial charge in [-0.3, -0.25) is 9.59 Å². The van der Waals surface area contributed by atoms with E-state index < -0.39 is 14.6 Å². The fraction of sp³-hybridized carbons (Fsp3) is 0.818. The van der Waals surface area contributed by atoms with E-state index in [1.165, 1.54) is 4.90 Å². The quantitative estimate of drug-likeness (QED) is 0.702. The number of amides is 2. The average molecular weight is 274 g/mol. The molecule has 7 heteroatoms. The van der Waals surface area contributed by atoms with Crippen LogP contribution in [-0.2, 0) is 19.4 Å². The van der Waals surface area contributed by atoms with Crippen LogP contribution in [0.1, 0.15) is 26.2 Å². The van der Waals surface area contributed by atoms with Crippen molar-refractivity contribution >= 4 is 21.7 Å². The standard InChI is InChI=1S/C11H18N2O4S/c1-3-9(14)12-6-7-13(8-12)10(15)11(4-5-11)18(2,16)17/h3-8H2,1-2H3. The molecule has 1 saturated carbocycles. The normalized spacial score (nSPS) is 22.1. The molecule has 0 unspecified atom stereocenters. The number of nitrogens with zero attached hydrogens (tertiary/aromatic N) is 2. The average Bonchev–Trinajstić information content (AvgIpc) is 2.99. The molecule has 2 amide bonds. The Morgan fingerprint density at radius 2 is 1.72 bits per heavy atom. The van der Waals surface area contributed by atoms with Gasteiger partial charge in [0.25, 0.3) is 0 Å². The lowest BCUT2D eigenvalue weighted by atomic mass is 10.3. The molecule has 102 valence electrons. The lowest BCUT2D eigenvalue weighted by Crippen LogP contribution is -2.44. The number of sulfone groups is 1. The van der Waals surface area contributed by atoms with Gasteiger partial charge in [-0.15, -0.1) is 0 Å². The van der Waals surface area contributed by atoms with Gasteiger partial charge >= 0.3 is 0 Å². The van der Waals surface area contributed by atoms with Crippen molar-refractivity contribution < 1.29 is 18.0 Å². The molecule has 0 spiro atoms. The van der Waals surface area contributed by atoms with E-state index >= 15 is 0 Å². The fourth-order valence-electron chi connectivity index (χ4n) is 2.33. The summed E-state index contributed by atoms with van der Waals surface area (Å²) in [6, 6.07) is 0. The smallest absolute Gasteiger partial charge is 0.245 e. The van der Waals surface area contributed by atoms with Crippen molar-refractivity contribution in [2.45, 2.75) is 30.9 Å². The highest BCUT2D eigenvalue weighted by atomic mass is 32.2. The first-order valence-electron chi connectivity index (χ1n) is 6.08. The third kappa shape index (κ3) is 2.00. The Morgan fingerprint density at radius 3 is 2.17 bits per heavy atom. The number of hydrogen-bond donors (Lipinski definition) is 0. The van der Waals surface area contributed by atoms with Crippen LogP contribution in [0.25, 0.3) is 0 Å². The van der Waals surface area contributed by atoms with Gasteiger partial charge in [-0.2, -0.15) is 0 Å². The summed E-state index contributed by atoms with van der Waals surface area (Å²) in [5, 5.41) is 0. The second-order valence-electron chi connectivity index (χ2n) is 4.99. The first kappa shape index (κ1) is 13.3. The van der Waals surface area contributed by atoms with Crippen molar-refractivity contribution in [3.05, 3.63) is 0 Å². The molecule has 0 aromatic heterocycles. The molecule has 6 nitrogen and oxygen atoms in total. The summed E-state index contributed by atoms with van der Waals surface area (Å²) >= 11 is 0. The second-order valence-corrected chi connectivity index (χ2v) is 7.31. The Kier molecular flexibility index (Phi) is 3.12. The van der Waals surface area contributed by atoms with Crippen LogP contribution in [0.3, 0.4) is 0 Å². The highest BCUT2D eigenvalue weighted by Crippen LogP contribution is 2.45. The molecule has 1 aliphatic carbocycles. The van der Waals surface area contributed by atoms with Crippen LogP contribution in [0.15, 0.2) is 0 Å². The zero-order valence-electron chi connectivity index (χ0n) is 10.7. The van der Waals surface area contributed by atoms with Gasteiger partial charge in [0, 0.05) is 25.8 Å². The van der Waals surface area contributed by atoms with Gasteiger partial charge in [-0.1, -0.05) is 6.92 Å². The minimum atomic E-state index is -3.37. The van der Waals surface area contributed by atoms with Crippen molar-refractivity contribution in [3.8, 4) is 0 Å². The summed E-state index contributed by atoms with van der Waals surface area (Å²) in [4.78, 5) is 26.8. The van der Waals surface area contributed by atoms with Gasteiger partial charge in [-0.25, -0.2) is 8.42 Å². The molecule has 0 atom stereocenters. The van der Waals surface area contributed by atoms with Crippen molar-refractivity contribution in [3.63, 3.8) is 0 Å². The van der Waals surface area contributed by atoms with Crippen molar-refractivity contribution in [2.75, 3.05) is 26.0 Å². The SMILES string of the molecule is CCC(=O)N1CCN(C(=O)C2(S(C)(=O)=O)CC2)C1. The van der Waals surface area contributed by atoms with E-state index in [-0.39, 0.29) is 18.5 Å². The summed E-state index contributed by atoms with van der Waals surface area (Å²) < 4.78 is 22.1. The topological polar surface area (TPSA) is 74.8 Å². The summed E-state index contributed by atoms with van der Waals surface area (Å²) in [5.41, 5.74) is 0. The molecule has 0 aromatic carbocycles. The van der Waals surface area contributed by atoms with Crippen LogP contribution in [0.2, 0.25) is 0 Å². The highest BCUT2D eigenvalue weighted by Gasteiger charge is 2.60. The largest absolute Gasteiger partial charge is 0.323 e. The fourth-order valence-corrected chi connectivity index (χ4v) is 3.62. The van der Waals surface area contributed by atoms with Gasteiger partial charge in [0.05, 0.1) is 6.67 Å². The van der Waals surface area contributed by atoms with Crippen LogP contribution in [0, 0.1) is 0 Å². The number of carbonyl (C=O) groups is 2. The molecule has 1 heterocycles. The predicted octanol–water partition coefficient (Wildman–Crippen LogP) is -0.398. The van der Waals surface area contributed by atoms with Crippen LogP contribution >= 0.6 is 0 Å². The van der Waals surface area contributed by atoms with Crippen LogP contribution in [0.4, 0.5) is 0 Å². The maximum atomic E-state index is 12.2. The Balaban J connectivity index is 2.07. The Morgan fingerprint density at radius 1 is 1.17 bits per heavy atom. The van der Waals surface area contributed by atoms with E-state index in [0.29, 0.717) is 32.4 Å². The summed E-state index contributed by atoms with van der Waals surface area (Å²) in [7, 11) is -3.37. The maximum absolute atomic E-state index is 12.2. The molecular formula is C11H18N2O4S. The van der Waals surface area contributed by atoms with E-state index in [2.05, 4.69) is 0 Å². The zero-order chi connectivity index (χ0) is 13.6. The summed E-state index contributed by atoms with van der Waals surface area (Å²) in [6.45, 7) is 2.93. The molecule has 2 rings (SSSR count). The second kappa shape index (κ2) is 4.22. The van der Waals surface area contributed by atoms with E-state index in [0.717, 1.165) is 6.26 Å². The molecule has 0 aromatic rings. The Labute approximate surface area is 107 Å². The molecule has 2 fully saturated rings. The first-order valence-corrected chi connectivity index (χ1v) is 7.98. The monoisotopic (exact) mass is 274 g/mol. The molecular weight excluding hydrogens is 256 g/mol. The van der Waals surface area contributed by atoms with E-state index in [4.69, 9.17) is 0 Å². The van der Waals surface area contributed by atoms with Crippen molar-refractivity contribution in [1.29, 1.82) is 0 Å². The highest BCUT2D eigenvalue weighted by molar-refractivity contribution is 7.93. The van der Waals surface area contributed by atoms with Crippen LogP contribution < -0.4 is 0 Å². The molecule has 0 bridgehead atoms. The van der Waals surface area contributed by atoms with E-state index in [1.54, 1.807) is 11.8 Å². The molecule has 0 N–H and O–H groups in total. The molecule has 0 radical (unpaired) electrons.